The van der Waals surface area contributed by atoms with Crippen LogP contribution in [0.2, 0.25) is 0 Å². The Kier molecular flexibility index (Phi) is 8.91. The van der Waals surface area contributed by atoms with E-state index in [-0.39, 0.29) is 5.69 Å². The first-order valence-electron chi connectivity index (χ1n) is 9.51. The number of guanidine groups is 1. The second kappa shape index (κ2) is 11.7. The van der Waals surface area contributed by atoms with Gasteiger partial charge >= 0.3 is 0 Å². The number of hydrogen-bond acceptors (Lipinski definition) is 5. The van der Waals surface area contributed by atoms with Crippen LogP contribution in [0.25, 0.3) is 0 Å². The molecule has 0 aliphatic heterocycles. The molecule has 0 saturated carbocycles. The van der Waals surface area contributed by atoms with Crippen LogP contribution in [-0.4, -0.2) is 37.8 Å². The highest BCUT2D eigenvalue weighted by atomic mass is 16.6. The molecule has 0 bridgehead atoms. The van der Waals surface area contributed by atoms with Gasteiger partial charge in [0.1, 0.15) is 12.4 Å². The Morgan fingerprint density at radius 2 is 1.93 bits per heavy atom. The van der Waals surface area contributed by atoms with Gasteiger partial charge in [0.2, 0.25) is 0 Å². The van der Waals surface area contributed by atoms with Crippen LogP contribution in [0.3, 0.4) is 0 Å². The van der Waals surface area contributed by atoms with Gasteiger partial charge < -0.3 is 20.1 Å². The van der Waals surface area contributed by atoms with Crippen molar-refractivity contribution in [2.45, 2.75) is 26.9 Å². The number of benzene rings is 2. The molecule has 2 aromatic rings. The smallest absolute Gasteiger partial charge is 0.269 e. The Hall–Kier alpha value is -3.13. The lowest BCUT2D eigenvalue weighted by atomic mass is 10.1. The summed E-state index contributed by atoms with van der Waals surface area (Å²) < 4.78 is 11.2. The van der Waals surface area contributed by atoms with E-state index in [1.54, 1.807) is 19.2 Å². The van der Waals surface area contributed by atoms with Crippen LogP contribution in [0, 0.1) is 17.0 Å². The molecule has 0 aliphatic carbocycles. The topological polar surface area (TPSA) is 98.0 Å². The summed E-state index contributed by atoms with van der Waals surface area (Å²) in [6.07, 6.45) is 0. The molecule has 0 amide bonds. The summed E-state index contributed by atoms with van der Waals surface area (Å²) in [5.74, 6) is 1.41. The monoisotopic (exact) mass is 400 g/mol. The third-order valence-electron chi connectivity index (χ3n) is 4.16. The lowest BCUT2D eigenvalue weighted by Crippen LogP contribution is -2.36. The van der Waals surface area contributed by atoms with Gasteiger partial charge in [-0.1, -0.05) is 24.3 Å². The highest BCUT2D eigenvalue weighted by Crippen LogP contribution is 2.20. The number of ether oxygens (including phenoxy) is 2. The summed E-state index contributed by atoms with van der Waals surface area (Å²) in [6.45, 7) is 6.62. The number of rotatable bonds is 10. The largest absolute Gasteiger partial charge is 0.491 e. The number of nitro groups is 1. The summed E-state index contributed by atoms with van der Waals surface area (Å²) in [4.78, 5) is 14.7. The van der Waals surface area contributed by atoms with E-state index >= 15 is 0 Å². The number of nitrogens with one attached hydrogen (secondary N) is 2. The van der Waals surface area contributed by atoms with Crippen molar-refractivity contribution in [2.75, 3.05) is 26.9 Å². The molecule has 0 heterocycles. The molecule has 156 valence electrons. The first-order chi connectivity index (χ1) is 14.0. The molecule has 2 rings (SSSR count). The minimum Gasteiger partial charge on any atom is -0.491 e. The Labute approximate surface area is 171 Å². The zero-order valence-corrected chi connectivity index (χ0v) is 17.1. The number of nitrogens with zero attached hydrogens (tertiary/aromatic N) is 2. The average Bonchev–Trinajstić information content (AvgIpc) is 2.72. The predicted molar refractivity (Wildman–Crippen MR) is 113 cm³/mol. The molecule has 0 aromatic heterocycles. The molecule has 0 fully saturated rings. The molecule has 29 heavy (non-hydrogen) atoms. The van der Waals surface area contributed by atoms with Crippen LogP contribution in [0.5, 0.6) is 5.75 Å². The molecular formula is C21H28N4O4. The first kappa shape index (κ1) is 22.2. The van der Waals surface area contributed by atoms with Gasteiger partial charge in [-0.2, -0.15) is 0 Å². The summed E-state index contributed by atoms with van der Waals surface area (Å²) in [7, 11) is 1.68. The molecule has 0 unspecified atom stereocenters. The predicted octanol–water partition coefficient (Wildman–Crippen LogP) is 3.18. The molecule has 0 saturated heterocycles. The van der Waals surface area contributed by atoms with E-state index in [4.69, 9.17) is 9.47 Å². The van der Waals surface area contributed by atoms with Gasteiger partial charge in [0.25, 0.3) is 5.69 Å². The van der Waals surface area contributed by atoms with Crippen molar-refractivity contribution in [1.29, 1.82) is 0 Å². The third-order valence-corrected chi connectivity index (χ3v) is 4.16. The second-order valence-electron chi connectivity index (χ2n) is 6.36. The van der Waals surface area contributed by atoms with Gasteiger partial charge in [0.05, 0.1) is 11.5 Å². The highest BCUT2D eigenvalue weighted by Gasteiger charge is 2.08. The molecule has 2 aromatic carbocycles. The summed E-state index contributed by atoms with van der Waals surface area (Å²) in [6, 6.07) is 12.6. The van der Waals surface area contributed by atoms with Crippen molar-refractivity contribution in [3.8, 4) is 5.75 Å². The number of non-ortho nitro benzene ring substituents is 1. The summed E-state index contributed by atoms with van der Waals surface area (Å²) >= 11 is 0. The second-order valence-corrected chi connectivity index (χ2v) is 6.36. The minimum absolute atomic E-state index is 0.0701. The number of aliphatic imine (C=N–C) groups is 1. The van der Waals surface area contributed by atoms with Gasteiger partial charge in [-0.3, -0.25) is 15.1 Å². The highest BCUT2D eigenvalue weighted by molar-refractivity contribution is 5.79. The van der Waals surface area contributed by atoms with Gasteiger partial charge in [-0.15, -0.1) is 0 Å². The maximum atomic E-state index is 10.9. The van der Waals surface area contributed by atoms with Crippen LogP contribution in [-0.2, 0) is 17.8 Å². The van der Waals surface area contributed by atoms with Gasteiger partial charge in [0, 0.05) is 44.4 Å². The van der Waals surface area contributed by atoms with Crippen LogP contribution in [0.4, 0.5) is 5.69 Å². The van der Waals surface area contributed by atoms with Gasteiger partial charge in [-0.25, -0.2) is 0 Å². The Morgan fingerprint density at radius 3 is 2.66 bits per heavy atom. The lowest BCUT2D eigenvalue weighted by molar-refractivity contribution is -0.384. The Bertz CT molecular complexity index is 839. The van der Waals surface area contributed by atoms with E-state index in [1.807, 2.05) is 38.1 Å². The lowest BCUT2D eigenvalue weighted by Gasteiger charge is -2.15. The fourth-order valence-corrected chi connectivity index (χ4v) is 2.66. The molecule has 0 atom stereocenters. The minimum atomic E-state index is -0.402. The fraction of sp³-hybridized carbons (Fsp3) is 0.381. The molecule has 2 N–H and O–H groups in total. The normalized spacial score (nSPS) is 11.2. The number of hydrogen-bond donors (Lipinski definition) is 2. The van der Waals surface area contributed by atoms with Crippen molar-refractivity contribution in [3.05, 3.63) is 69.3 Å². The summed E-state index contributed by atoms with van der Waals surface area (Å²) in [5, 5.41) is 17.3. The summed E-state index contributed by atoms with van der Waals surface area (Å²) in [5.41, 5.74) is 3.00. The van der Waals surface area contributed by atoms with Gasteiger partial charge in [0.15, 0.2) is 5.96 Å². The van der Waals surface area contributed by atoms with Crippen molar-refractivity contribution in [2.24, 2.45) is 4.99 Å². The van der Waals surface area contributed by atoms with Crippen molar-refractivity contribution >= 4 is 11.6 Å². The van der Waals surface area contributed by atoms with Crippen molar-refractivity contribution < 1.29 is 14.4 Å². The van der Waals surface area contributed by atoms with E-state index in [2.05, 4.69) is 15.6 Å². The molecule has 0 aliphatic rings. The van der Waals surface area contributed by atoms with Crippen LogP contribution < -0.4 is 15.4 Å². The number of nitro benzene ring substituents is 1. The van der Waals surface area contributed by atoms with Crippen molar-refractivity contribution in [3.63, 3.8) is 0 Å². The molecule has 8 heteroatoms. The Morgan fingerprint density at radius 1 is 1.14 bits per heavy atom. The standard InChI is InChI=1S/C21H28N4O4/c1-4-28-10-11-29-20-12-16(2)8-9-18(20)15-24-21(22-3)23-14-17-6-5-7-19(13-17)25(26)27/h5-9,12-13H,4,10-11,14-15H2,1-3H3,(H2,22,23,24). The molecule has 0 spiro atoms. The average molecular weight is 400 g/mol. The zero-order valence-electron chi connectivity index (χ0n) is 17.1. The quantitative estimate of drug-likeness (QED) is 0.209. The van der Waals surface area contributed by atoms with E-state index in [9.17, 15) is 10.1 Å². The maximum absolute atomic E-state index is 10.9. The van der Waals surface area contributed by atoms with E-state index in [1.165, 1.54) is 6.07 Å². The van der Waals surface area contributed by atoms with E-state index < -0.39 is 4.92 Å². The fourth-order valence-electron chi connectivity index (χ4n) is 2.66. The van der Waals surface area contributed by atoms with Crippen LogP contribution in [0.1, 0.15) is 23.6 Å². The molecule has 0 radical (unpaired) electrons. The van der Waals surface area contributed by atoms with E-state index in [0.717, 1.165) is 22.4 Å². The van der Waals surface area contributed by atoms with Gasteiger partial charge in [-0.05, 0) is 31.0 Å². The molecular weight excluding hydrogens is 372 g/mol. The SMILES string of the molecule is CCOCCOc1cc(C)ccc1CNC(=NC)NCc1cccc([N+](=O)[O-])c1. The Balaban J connectivity index is 1.93. The van der Waals surface area contributed by atoms with E-state index in [0.29, 0.717) is 38.9 Å². The zero-order chi connectivity index (χ0) is 21.1. The maximum Gasteiger partial charge on any atom is 0.269 e. The third kappa shape index (κ3) is 7.42. The molecule has 8 nitrogen and oxygen atoms in total. The van der Waals surface area contributed by atoms with Crippen LogP contribution >= 0.6 is 0 Å². The first-order valence-corrected chi connectivity index (χ1v) is 9.51. The number of aryl methyl sites for hydroxylation is 1. The van der Waals surface area contributed by atoms with Crippen molar-refractivity contribution in [1.82, 2.24) is 10.6 Å². The van der Waals surface area contributed by atoms with Crippen LogP contribution in [0.15, 0.2) is 47.5 Å².